The minimum atomic E-state index is -1.20. The van der Waals surface area contributed by atoms with E-state index >= 15 is 0 Å². The Morgan fingerprint density at radius 1 is 1.50 bits per heavy atom. The Morgan fingerprint density at radius 2 is 2.08 bits per heavy atom. The van der Waals surface area contributed by atoms with Crippen molar-refractivity contribution in [3.05, 3.63) is 0 Å². The van der Waals surface area contributed by atoms with Crippen LogP contribution < -0.4 is 10.7 Å². The first kappa shape index (κ1) is 10.2. The van der Waals surface area contributed by atoms with Crippen molar-refractivity contribution in [1.29, 1.82) is 0 Å². The van der Waals surface area contributed by atoms with Gasteiger partial charge < -0.3 is 15.1 Å². The molecule has 0 spiro atoms. The first-order chi connectivity index (χ1) is 5.74. The van der Waals surface area contributed by atoms with Crippen LogP contribution in [0.15, 0.2) is 0 Å². The maximum atomic E-state index is 5.68. The van der Waals surface area contributed by atoms with Crippen LogP contribution >= 0.6 is 0 Å². The number of hydrogen-bond donors (Lipinski definition) is 2. The fourth-order valence-corrected chi connectivity index (χ4v) is 4.30. The van der Waals surface area contributed by atoms with E-state index in [1.807, 2.05) is 14.0 Å². The smallest absolute Gasteiger partial charge is 0.256 e. The van der Waals surface area contributed by atoms with Crippen molar-refractivity contribution in [2.24, 2.45) is 5.73 Å². The quantitative estimate of drug-likeness (QED) is 0.504. The third-order valence-electron chi connectivity index (χ3n) is 2.51. The Kier molecular flexibility index (Phi) is 4.21. The SMILES string of the molecule is CO[SiH](NC(C)N)C1CCCC1. The van der Waals surface area contributed by atoms with Gasteiger partial charge in [0.2, 0.25) is 0 Å². The van der Waals surface area contributed by atoms with Crippen LogP contribution in [-0.4, -0.2) is 22.5 Å². The molecule has 1 aliphatic carbocycles. The molecule has 0 heterocycles. The summed E-state index contributed by atoms with van der Waals surface area (Å²) in [6.07, 6.45) is 5.51. The fraction of sp³-hybridized carbons (Fsp3) is 1.00. The molecule has 1 aliphatic rings. The summed E-state index contributed by atoms with van der Waals surface area (Å²) in [5.74, 6) is 0. The molecule has 4 heteroatoms. The van der Waals surface area contributed by atoms with Crippen molar-refractivity contribution in [2.75, 3.05) is 7.11 Å². The molecule has 3 nitrogen and oxygen atoms in total. The van der Waals surface area contributed by atoms with Gasteiger partial charge in [0, 0.05) is 13.3 Å². The highest BCUT2D eigenvalue weighted by atomic mass is 28.3. The standard InChI is InChI=1S/C8H20N2OSi/c1-7(9)10-12(11-2)8-5-3-4-6-8/h7-8,10,12H,3-6,9H2,1-2H3. The molecule has 0 aliphatic heterocycles. The Hall–Kier alpha value is 0.0969. The van der Waals surface area contributed by atoms with Crippen molar-refractivity contribution in [1.82, 2.24) is 4.98 Å². The molecule has 2 atom stereocenters. The third kappa shape index (κ3) is 2.86. The van der Waals surface area contributed by atoms with Gasteiger partial charge in [0.1, 0.15) is 0 Å². The first-order valence-corrected chi connectivity index (χ1v) is 6.50. The lowest BCUT2D eigenvalue weighted by Gasteiger charge is -2.22. The minimum Gasteiger partial charge on any atom is -0.409 e. The number of hydrogen-bond acceptors (Lipinski definition) is 3. The van der Waals surface area contributed by atoms with Gasteiger partial charge in [-0.1, -0.05) is 12.8 Å². The Labute approximate surface area is 76.5 Å². The molecule has 3 N–H and O–H groups in total. The minimum absolute atomic E-state index is 0.0854. The van der Waals surface area contributed by atoms with Gasteiger partial charge in [0.25, 0.3) is 9.20 Å². The van der Waals surface area contributed by atoms with E-state index in [0.717, 1.165) is 5.54 Å². The van der Waals surface area contributed by atoms with Gasteiger partial charge in [-0.05, 0) is 25.3 Å². The fourth-order valence-electron chi connectivity index (χ4n) is 1.92. The lowest BCUT2D eigenvalue weighted by atomic mass is 10.4. The van der Waals surface area contributed by atoms with E-state index in [0.29, 0.717) is 0 Å². The monoisotopic (exact) mass is 188 g/mol. The summed E-state index contributed by atoms with van der Waals surface area (Å²) in [5, 5.41) is 0. The highest BCUT2D eigenvalue weighted by molar-refractivity contribution is 6.50. The van der Waals surface area contributed by atoms with Gasteiger partial charge in [0.05, 0.1) is 0 Å². The molecule has 0 aromatic carbocycles. The molecule has 12 heavy (non-hydrogen) atoms. The highest BCUT2D eigenvalue weighted by Crippen LogP contribution is 2.31. The average Bonchev–Trinajstić information content (AvgIpc) is 2.51. The molecule has 2 unspecified atom stereocenters. The molecular formula is C8H20N2OSi. The molecule has 0 aromatic heterocycles. The molecule has 0 amide bonds. The predicted octanol–water partition coefficient (Wildman–Crippen LogP) is 0.692. The lowest BCUT2D eigenvalue weighted by Crippen LogP contribution is -2.48. The first-order valence-electron chi connectivity index (χ1n) is 4.78. The van der Waals surface area contributed by atoms with Crippen molar-refractivity contribution >= 4 is 9.20 Å². The zero-order chi connectivity index (χ0) is 8.97. The molecule has 1 rings (SSSR count). The van der Waals surface area contributed by atoms with E-state index in [4.69, 9.17) is 10.2 Å². The van der Waals surface area contributed by atoms with E-state index in [1.54, 1.807) is 0 Å². The lowest BCUT2D eigenvalue weighted by molar-refractivity contribution is 0.384. The molecule has 0 aromatic rings. The van der Waals surface area contributed by atoms with Crippen LogP contribution in [0.4, 0.5) is 0 Å². The third-order valence-corrected chi connectivity index (χ3v) is 5.39. The molecule has 72 valence electrons. The molecule has 0 bridgehead atoms. The second-order valence-electron chi connectivity index (χ2n) is 3.66. The Morgan fingerprint density at radius 3 is 2.50 bits per heavy atom. The van der Waals surface area contributed by atoms with Gasteiger partial charge in [-0.3, -0.25) is 0 Å². The average molecular weight is 188 g/mol. The highest BCUT2D eigenvalue weighted by Gasteiger charge is 2.27. The zero-order valence-corrected chi connectivity index (χ0v) is 9.20. The maximum Gasteiger partial charge on any atom is 0.256 e. The largest absolute Gasteiger partial charge is 0.409 e. The van der Waals surface area contributed by atoms with E-state index in [1.165, 1.54) is 25.7 Å². The Bertz CT molecular complexity index is 126. The second-order valence-corrected chi connectivity index (χ2v) is 6.24. The molecule has 1 saturated carbocycles. The van der Waals surface area contributed by atoms with Crippen LogP contribution in [0.25, 0.3) is 0 Å². The summed E-state index contributed by atoms with van der Waals surface area (Å²) in [4.78, 5) is 3.37. The van der Waals surface area contributed by atoms with Gasteiger partial charge in [-0.2, -0.15) is 0 Å². The normalized spacial score (nSPS) is 24.2. The van der Waals surface area contributed by atoms with Crippen molar-refractivity contribution in [2.45, 2.75) is 44.3 Å². The molecular weight excluding hydrogens is 168 g/mol. The van der Waals surface area contributed by atoms with Gasteiger partial charge in [0.15, 0.2) is 0 Å². The number of nitrogens with one attached hydrogen (secondary N) is 1. The van der Waals surface area contributed by atoms with Crippen LogP contribution in [0.3, 0.4) is 0 Å². The topological polar surface area (TPSA) is 47.3 Å². The van der Waals surface area contributed by atoms with E-state index in [2.05, 4.69) is 4.98 Å². The zero-order valence-electron chi connectivity index (χ0n) is 8.05. The van der Waals surface area contributed by atoms with Gasteiger partial charge in [-0.25, -0.2) is 0 Å². The van der Waals surface area contributed by atoms with Crippen molar-refractivity contribution < 1.29 is 4.43 Å². The van der Waals surface area contributed by atoms with Crippen LogP contribution in [0.1, 0.15) is 32.6 Å². The summed E-state index contributed by atoms with van der Waals surface area (Å²) in [6.45, 7) is 1.98. The van der Waals surface area contributed by atoms with Gasteiger partial charge in [-0.15, -0.1) is 0 Å². The summed E-state index contributed by atoms with van der Waals surface area (Å²) in [6, 6.07) is 0. The van der Waals surface area contributed by atoms with Crippen molar-refractivity contribution in [3.8, 4) is 0 Å². The molecule has 0 radical (unpaired) electrons. The van der Waals surface area contributed by atoms with Gasteiger partial charge >= 0.3 is 0 Å². The summed E-state index contributed by atoms with van der Waals surface area (Å²) in [5.41, 5.74) is 6.49. The summed E-state index contributed by atoms with van der Waals surface area (Å²) < 4.78 is 5.49. The number of rotatable bonds is 4. The molecule has 1 fully saturated rings. The van der Waals surface area contributed by atoms with E-state index in [9.17, 15) is 0 Å². The van der Waals surface area contributed by atoms with Crippen LogP contribution in [-0.2, 0) is 4.43 Å². The summed E-state index contributed by atoms with van der Waals surface area (Å²) >= 11 is 0. The maximum absolute atomic E-state index is 5.68. The second kappa shape index (κ2) is 4.96. The number of nitrogens with two attached hydrogens (primary N) is 1. The van der Waals surface area contributed by atoms with Crippen LogP contribution in [0.5, 0.6) is 0 Å². The molecule has 0 saturated heterocycles. The van der Waals surface area contributed by atoms with Crippen molar-refractivity contribution in [3.63, 3.8) is 0 Å². The van der Waals surface area contributed by atoms with E-state index < -0.39 is 9.20 Å². The van der Waals surface area contributed by atoms with Crippen LogP contribution in [0, 0.1) is 0 Å². The van der Waals surface area contributed by atoms with Crippen LogP contribution in [0.2, 0.25) is 5.54 Å². The predicted molar refractivity (Wildman–Crippen MR) is 53.2 cm³/mol. The van der Waals surface area contributed by atoms with E-state index in [-0.39, 0.29) is 6.17 Å². The Balaban J connectivity index is 2.32. The summed E-state index contributed by atoms with van der Waals surface area (Å²) in [7, 11) is 0.612.